The number of hydrogen-bond acceptors (Lipinski definition) is 4. The number of rotatable bonds is 3. The molecule has 0 fully saturated rings. The summed E-state index contributed by atoms with van der Waals surface area (Å²) in [5.74, 6) is -1.12. The summed E-state index contributed by atoms with van der Waals surface area (Å²) in [5, 5.41) is 0. The molecule has 0 unspecified atom stereocenters. The van der Waals surface area contributed by atoms with E-state index in [-0.39, 0.29) is 12.5 Å². The molecule has 108 valence electrons. The van der Waals surface area contributed by atoms with Crippen LogP contribution in [0.25, 0.3) is 11.2 Å². The molecule has 0 aliphatic carbocycles. The number of methoxy groups -OCH3 is 1. The lowest BCUT2D eigenvalue weighted by atomic mass is 10.2. The highest BCUT2D eigenvalue weighted by Gasteiger charge is 2.12. The van der Waals surface area contributed by atoms with E-state index in [0.29, 0.717) is 22.6 Å². The average molecular weight is 290 g/mol. The van der Waals surface area contributed by atoms with Crippen LogP contribution in [0.1, 0.15) is 5.56 Å². The van der Waals surface area contributed by atoms with E-state index < -0.39 is 11.6 Å². The number of hydrogen-bond donors (Lipinski definition) is 1. The third kappa shape index (κ3) is 2.37. The Balaban J connectivity index is 2.06. The number of aromatic nitrogens is 3. The fourth-order valence-electron chi connectivity index (χ4n) is 2.09. The van der Waals surface area contributed by atoms with E-state index in [1.54, 1.807) is 16.7 Å². The van der Waals surface area contributed by atoms with E-state index in [0.717, 1.165) is 12.1 Å². The van der Waals surface area contributed by atoms with E-state index in [1.807, 2.05) is 0 Å². The number of nitrogen functional groups attached to an aromatic ring is 1. The van der Waals surface area contributed by atoms with E-state index >= 15 is 0 Å². The van der Waals surface area contributed by atoms with Gasteiger partial charge < -0.3 is 10.5 Å². The number of benzene rings is 1. The first-order valence-electron chi connectivity index (χ1n) is 6.19. The van der Waals surface area contributed by atoms with Gasteiger partial charge in [0.2, 0.25) is 11.8 Å². The Morgan fingerprint density at radius 2 is 1.95 bits per heavy atom. The lowest BCUT2D eigenvalue weighted by Crippen LogP contribution is -2.06. The fourth-order valence-corrected chi connectivity index (χ4v) is 2.09. The second-order valence-corrected chi connectivity index (χ2v) is 4.50. The molecule has 3 aromatic rings. The van der Waals surface area contributed by atoms with Crippen LogP contribution in [-0.4, -0.2) is 21.6 Å². The molecule has 2 heterocycles. The minimum Gasteiger partial charge on any atom is -0.481 e. The molecular formula is C14H12F2N4O. The van der Waals surface area contributed by atoms with Crippen molar-refractivity contribution in [2.24, 2.45) is 0 Å². The SMILES string of the molecule is COc1ccc2nc(N)n(Cc3ccc(F)c(F)c3)c2n1. The van der Waals surface area contributed by atoms with E-state index in [1.165, 1.54) is 13.2 Å². The summed E-state index contributed by atoms with van der Waals surface area (Å²) < 4.78 is 32.9. The van der Waals surface area contributed by atoms with Crippen LogP contribution < -0.4 is 10.5 Å². The molecule has 0 radical (unpaired) electrons. The Bertz CT molecular complexity index is 816. The van der Waals surface area contributed by atoms with Gasteiger partial charge >= 0.3 is 0 Å². The number of fused-ring (bicyclic) bond motifs is 1. The minimum absolute atomic E-state index is 0.236. The second-order valence-electron chi connectivity index (χ2n) is 4.50. The number of pyridine rings is 1. The van der Waals surface area contributed by atoms with Crippen LogP contribution in [0.4, 0.5) is 14.7 Å². The van der Waals surface area contributed by atoms with Crippen molar-refractivity contribution < 1.29 is 13.5 Å². The number of anilines is 1. The molecule has 1 aromatic carbocycles. The molecule has 0 saturated carbocycles. The smallest absolute Gasteiger partial charge is 0.215 e. The summed E-state index contributed by atoms with van der Waals surface area (Å²) in [6.45, 7) is 0.236. The second kappa shape index (κ2) is 5.01. The summed E-state index contributed by atoms with van der Waals surface area (Å²) in [6, 6.07) is 7.11. The summed E-state index contributed by atoms with van der Waals surface area (Å²) in [7, 11) is 1.51. The number of ether oxygens (including phenoxy) is 1. The largest absolute Gasteiger partial charge is 0.481 e. The molecule has 0 aliphatic rings. The topological polar surface area (TPSA) is 66.0 Å². The van der Waals surface area contributed by atoms with Crippen LogP contribution in [0.5, 0.6) is 5.88 Å². The van der Waals surface area contributed by atoms with Gasteiger partial charge in [-0.25, -0.2) is 13.8 Å². The van der Waals surface area contributed by atoms with Gasteiger partial charge in [-0.1, -0.05) is 6.07 Å². The molecule has 21 heavy (non-hydrogen) atoms. The quantitative estimate of drug-likeness (QED) is 0.804. The van der Waals surface area contributed by atoms with Crippen LogP contribution in [0.3, 0.4) is 0 Å². The highest BCUT2D eigenvalue weighted by atomic mass is 19.2. The zero-order valence-corrected chi connectivity index (χ0v) is 11.2. The third-order valence-electron chi connectivity index (χ3n) is 3.13. The Labute approximate surface area is 119 Å². The maximum atomic E-state index is 13.3. The van der Waals surface area contributed by atoms with Gasteiger partial charge in [0, 0.05) is 6.07 Å². The Morgan fingerprint density at radius 1 is 1.14 bits per heavy atom. The molecule has 3 rings (SSSR count). The number of nitrogens with two attached hydrogens (primary N) is 1. The van der Waals surface area contributed by atoms with Gasteiger partial charge in [0.25, 0.3) is 0 Å². The molecule has 0 aliphatic heterocycles. The number of nitrogens with zero attached hydrogens (tertiary/aromatic N) is 3. The highest BCUT2D eigenvalue weighted by Crippen LogP contribution is 2.21. The van der Waals surface area contributed by atoms with Crippen molar-refractivity contribution in [3.8, 4) is 5.88 Å². The van der Waals surface area contributed by atoms with E-state index in [4.69, 9.17) is 10.5 Å². The van der Waals surface area contributed by atoms with E-state index in [2.05, 4.69) is 9.97 Å². The lowest BCUT2D eigenvalue weighted by Gasteiger charge is -2.07. The molecule has 0 bridgehead atoms. The van der Waals surface area contributed by atoms with Crippen LogP contribution in [0.15, 0.2) is 30.3 Å². The van der Waals surface area contributed by atoms with Crippen molar-refractivity contribution >= 4 is 17.1 Å². The maximum absolute atomic E-state index is 13.3. The van der Waals surface area contributed by atoms with Crippen LogP contribution >= 0.6 is 0 Å². The summed E-state index contributed by atoms with van der Waals surface area (Å²) in [4.78, 5) is 8.46. The molecule has 7 heteroatoms. The van der Waals surface area contributed by atoms with Gasteiger partial charge in [0.1, 0.15) is 5.52 Å². The normalized spacial score (nSPS) is 11.0. The Kier molecular flexibility index (Phi) is 3.17. The Morgan fingerprint density at radius 3 is 2.67 bits per heavy atom. The fraction of sp³-hybridized carbons (Fsp3) is 0.143. The van der Waals surface area contributed by atoms with Gasteiger partial charge in [-0.15, -0.1) is 0 Å². The van der Waals surface area contributed by atoms with Gasteiger partial charge in [-0.05, 0) is 23.8 Å². The zero-order chi connectivity index (χ0) is 15.0. The number of halogens is 2. The minimum atomic E-state index is -0.902. The first-order valence-corrected chi connectivity index (χ1v) is 6.19. The summed E-state index contributed by atoms with van der Waals surface area (Å²) in [6.07, 6.45) is 0. The molecule has 0 spiro atoms. The monoisotopic (exact) mass is 290 g/mol. The zero-order valence-electron chi connectivity index (χ0n) is 11.2. The van der Waals surface area contributed by atoms with Gasteiger partial charge in [-0.2, -0.15) is 4.98 Å². The van der Waals surface area contributed by atoms with Gasteiger partial charge in [0.05, 0.1) is 13.7 Å². The predicted octanol–water partition coefficient (Wildman–Crippen LogP) is 2.35. The Hall–Kier alpha value is -2.70. The van der Waals surface area contributed by atoms with E-state index in [9.17, 15) is 8.78 Å². The molecule has 2 aromatic heterocycles. The van der Waals surface area contributed by atoms with Crippen molar-refractivity contribution in [1.82, 2.24) is 14.5 Å². The summed E-state index contributed by atoms with van der Waals surface area (Å²) in [5.41, 5.74) is 7.56. The summed E-state index contributed by atoms with van der Waals surface area (Å²) >= 11 is 0. The van der Waals surface area contributed by atoms with Crippen LogP contribution in [0.2, 0.25) is 0 Å². The molecular weight excluding hydrogens is 278 g/mol. The van der Waals surface area contributed by atoms with Crippen molar-refractivity contribution in [1.29, 1.82) is 0 Å². The first kappa shape index (κ1) is 13.3. The van der Waals surface area contributed by atoms with Gasteiger partial charge in [-0.3, -0.25) is 4.57 Å². The highest BCUT2D eigenvalue weighted by molar-refractivity contribution is 5.74. The van der Waals surface area contributed by atoms with Crippen molar-refractivity contribution in [2.75, 3.05) is 12.8 Å². The van der Waals surface area contributed by atoms with Gasteiger partial charge in [0.15, 0.2) is 17.3 Å². The first-order chi connectivity index (χ1) is 10.1. The molecule has 0 amide bonds. The van der Waals surface area contributed by atoms with Crippen molar-refractivity contribution in [2.45, 2.75) is 6.54 Å². The third-order valence-corrected chi connectivity index (χ3v) is 3.13. The lowest BCUT2D eigenvalue weighted by molar-refractivity contribution is 0.399. The average Bonchev–Trinajstić information content (AvgIpc) is 2.78. The molecule has 0 atom stereocenters. The van der Waals surface area contributed by atoms with Crippen molar-refractivity contribution in [3.63, 3.8) is 0 Å². The molecule has 5 nitrogen and oxygen atoms in total. The predicted molar refractivity (Wildman–Crippen MR) is 74.0 cm³/mol. The van der Waals surface area contributed by atoms with Crippen LogP contribution in [-0.2, 0) is 6.54 Å². The van der Waals surface area contributed by atoms with Crippen molar-refractivity contribution in [3.05, 3.63) is 47.5 Å². The molecule has 2 N–H and O–H groups in total. The number of imidazole rings is 1. The van der Waals surface area contributed by atoms with Crippen LogP contribution in [0, 0.1) is 11.6 Å². The molecule has 0 saturated heterocycles. The standard InChI is InChI=1S/C14H12F2N4O/c1-21-12-5-4-11-13(19-12)20(14(17)18-11)7-8-2-3-9(15)10(16)6-8/h2-6H,7H2,1H3,(H2,17,18). The maximum Gasteiger partial charge on any atom is 0.215 e.